The van der Waals surface area contributed by atoms with Gasteiger partial charge in [0.05, 0.1) is 5.69 Å². The molecule has 0 aliphatic carbocycles. The van der Waals surface area contributed by atoms with Crippen LogP contribution in [0.2, 0.25) is 0 Å². The van der Waals surface area contributed by atoms with Crippen LogP contribution in [0.1, 0.15) is 32.6 Å². The van der Waals surface area contributed by atoms with Gasteiger partial charge in [-0.25, -0.2) is 4.98 Å². The summed E-state index contributed by atoms with van der Waals surface area (Å²) in [6, 6.07) is 7.86. The Kier molecular flexibility index (Phi) is 5.77. The minimum Gasteiger partial charge on any atom is -0.361 e. The molecule has 2 aromatic rings. The Morgan fingerprint density at radius 3 is 2.39 bits per heavy atom. The highest BCUT2D eigenvalue weighted by Gasteiger charge is 2.11. The minimum absolute atomic E-state index is 0.0231. The normalized spacial score (nSPS) is 11.1. The van der Waals surface area contributed by atoms with Gasteiger partial charge in [0, 0.05) is 28.6 Å². The number of thiazole rings is 1. The smallest absolute Gasteiger partial charge is 0.226 e. The molecule has 0 aliphatic rings. The second-order valence-electron chi connectivity index (χ2n) is 6.42. The van der Waals surface area contributed by atoms with E-state index in [4.69, 9.17) is 4.98 Å². The lowest BCUT2D eigenvalue weighted by atomic mass is 10.1. The quantitative estimate of drug-likeness (QED) is 0.801. The Labute approximate surface area is 142 Å². The van der Waals surface area contributed by atoms with Gasteiger partial charge in [-0.15, -0.1) is 11.3 Å². The Morgan fingerprint density at radius 2 is 1.83 bits per heavy atom. The van der Waals surface area contributed by atoms with E-state index in [1.807, 2.05) is 38.1 Å². The van der Waals surface area contributed by atoms with E-state index in [0.717, 1.165) is 28.6 Å². The molecule has 1 aromatic heterocycles. The molecule has 4 nitrogen and oxygen atoms in total. The van der Waals surface area contributed by atoms with Gasteiger partial charge >= 0.3 is 0 Å². The van der Waals surface area contributed by atoms with Gasteiger partial charge in [0.2, 0.25) is 5.91 Å². The molecule has 0 saturated heterocycles. The van der Waals surface area contributed by atoms with Crippen molar-refractivity contribution in [2.75, 3.05) is 17.2 Å². The predicted octanol–water partition coefficient (Wildman–Crippen LogP) is 4.78. The van der Waals surface area contributed by atoms with E-state index >= 15 is 0 Å². The maximum atomic E-state index is 11.7. The molecule has 23 heavy (non-hydrogen) atoms. The van der Waals surface area contributed by atoms with Crippen LogP contribution < -0.4 is 10.6 Å². The third-order valence-corrected chi connectivity index (χ3v) is 4.34. The lowest BCUT2D eigenvalue weighted by Gasteiger charge is -2.08. The van der Waals surface area contributed by atoms with Crippen molar-refractivity contribution in [1.29, 1.82) is 0 Å². The molecule has 0 atom stereocenters. The van der Waals surface area contributed by atoms with Crippen LogP contribution in [0.5, 0.6) is 0 Å². The number of anilines is 2. The summed E-state index contributed by atoms with van der Waals surface area (Å²) < 4.78 is 0. The van der Waals surface area contributed by atoms with Crippen LogP contribution in [0, 0.1) is 18.8 Å². The zero-order valence-electron chi connectivity index (χ0n) is 14.4. The van der Waals surface area contributed by atoms with Crippen LogP contribution in [0.4, 0.5) is 10.8 Å². The second-order valence-corrected chi connectivity index (χ2v) is 7.62. The molecule has 1 amide bonds. The first kappa shape index (κ1) is 17.5. The molecule has 0 unspecified atom stereocenters. The molecule has 0 fully saturated rings. The highest BCUT2D eigenvalue weighted by atomic mass is 32.1. The third kappa shape index (κ3) is 4.79. The largest absolute Gasteiger partial charge is 0.361 e. The van der Waals surface area contributed by atoms with Crippen LogP contribution >= 0.6 is 11.3 Å². The topological polar surface area (TPSA) is 54.0 Å². The lowest BCUT2D eigenvalue weighted by molar-refractivity contribution is -0.118. The van der Waals surface area contributed by atoms with Gasteiger partial charge in [0.1, 0.15) is 0 Å². The van der Waals surface area contributed by atoms with Gasteiger partial charge < -0.3 is 10.6 Å². The maximum Gasteiger partial charge on any atom is 0.226 e. The molecule has 0 radical (unpaired) electrons. The van der Waals surface area contributed by atoms with Gasteiger partial charge in [-0.3, -0.25) is 4.79 Å². The number of carbonyl (C=O) groups is 1. The summed E-state index contributed by atoms with van der Waals surface area (Å²) in [4.78, 5) is 17.6. The number of carbonyl (C=O) groups excluding carboxylic acids is 1. The SMILES string of the molecule is Cc1sc(NCC(C)C)nc1-c1ccc(NC(=O)C(C)C)cc1. The monoisotopic (exact) mass is 331 g/mol. The molecule has 0 saturated carbocycles. The number of hydrogen-bond acceptors (Lipinski definition) is 4. The van der Waals surface area contributed by atoms with Gasteiger partial charge in [-0.05, 0) is 25.0 Å². The van der Waals surface area contributed by atoms with Gasteiger partial charge in [0.25, 0.3) is 0 Å². The average molecular weight is 331 g/mol. The molecule has 0 bridgehead atoms. The zero-order valence-corrected chi connectivity index (χ0v) is 15.3. The van der Waals surface area contributed by atoms with E-state index in [2.05, 4.69) is 31.4 Å². The van der Waals surface area contributed by atoms with Crippen molar-refractivity contribution >= 4 is 28.1 Å². The number of amides is 1. The number of nitrogens with one attached hydrogen (secondary N) is 2. The number of hydrogen-bond donors (Lipinski definition) is 2. The Hall–Kier alpha value is -1.88. The second kappa shape index (κ2) is 7.59. The van der Waals surface area contributed by atoms with E-state index < -0.39 is 0 Å². The van der Waals surface area contributed by atoms with Gasteiger partial charge in [0.15, 0.2) is 5.13 Å². The molecule has 0 spiro atoms. The number of rotatable bonds is 6. The summed E-state index contributed by atoms with van der Waals surface area (Å²) in [5.74, 6) is 0.597. The Balaban J connectivity index is 2.11. The summed E-state index contributed by atoms with van der Waals surface area (Å²) in [5.41, 5.74) is 2.89. The number of nitrogens with zero attached hydrogens (tertiary/aromatic N) is 1. The van der Waals surface area contributed by atoms with Crippen LogP contribution in [0.15, 0.2) is 24.3 Å². The van der Waals surface area contributed by atoms with Crippen molar-refractivity contribution in [3.8, 4) is 11.3 Å². The van der Waals surface area contributed by atoms with Gasteiger partial charge in [-0.1, -0.05) is 39.8 Å². The minimum atomic E-state index is -0.0231. The molecule has 1 aromatic carbocycles. The van der Waals surface area contributed by atoms with Crippen molar-refractivity contribution in [3.05, 3.63) is 29.1 Å². The Morgan fingerprint density at radius 1 is 1.17 bits per heavy atom. The first-order valence-corrected chi connectivity index (χ1v) is 8.81. The number of benzene rings is 1. The van der Waals surface area contributed by atoms with E-state index in [1.54, 1.807) is 11.3 Å². The highest BCUT2D eigenvalue weighted by molar-refractivity contribution is 7.16. The van der Waals surface area contributed by atoms with E-state index in [-0.39, 0.29) is 11.8 Å². The lowest BCUT2D eigenvalue weighted by Crippen LogP contribution is -2.17. The summed E-state index contributed by atoms with van der Waals surface area (Å²) in [5, 5.41) is 7.24. The highest BCUT2D eigenvalue weighted by Crippen LogP contribution is 2.31. The molecule has 2 N–H and O–H groups in total. The fourth-order valence-electron chi connectivity index (χ4n) is 2.03. The molecule has 5 heteroatoms. The van der Waals surface area contributed by atoms with Crippen molar-refractivity contribution in [2.45, 2.75) is 34.6 Å². The predicted molar refractivity (Wildman–Crippen MR) is 99.1 cm³/mol. The maximum absolute atomic E-state index is 11.7. The zero-order chi connectivity index (χ0) is 17.0. The number of aromatic nitrogens is 1. The van der Waals surface area contributed by atoms with Crippen molar-refractivity contribution in [1.82, 2.24) is 4.98 Å². The summed E-state index contributed by atoms with van der Waals surface area (Å²) in [6.45, 7) is 11.1. The standard InChI is InChI=1S/C18H25N3OS/c1-11(2)10-19-18-21-16(13(5)23-18)14-6-8-15(9-7-14)20-17(22)12(3)4/h6-9,11-12H,10H2,1-5H3,(H,19,21)(H,20,22). The van der Waals surface area contributed by atoms with Crippen molar-refractivity contribution in [3.63, 3.8) is 0 Å². The Bertz CT molecular complexity index is 659. The molecular formula is C18H25N3OS. The van der Waals surface area contributed by atoms with E-state index in [0.29, 0.717) is 5.92 Å². The van der Waals surface area contributed by atoms with Gasteiger partial charge in [-0.2, -0.15) is 0 Å². The van der Waals surface area contributed by atoms with Crippen molar-refractivity contribution in [2.24, 2.45) is 11.8 Å². The molecule has 1 heterocycles. The molecule has 2 rings (SSSR count). The van der Waals surface area contributed by atoms with E-state index in [9.17, 15) is 4.79 Å². The molecule has 0 aliphatic heterocycles. The summed E-state index contributed by atoms with van der Waals surface area (Å²) in [7, 11) is 0. The molecule has 124 valence electrons. The fraction of sp³-hybridized carbons (Fsp3) is 0.444. The first-order chi connectivity index (χ1) is 10.9. The van der Waals surface area contributed by atoms with Crippen LogP contribution in [-0.2, 0) is 4.79 Å². The van der Waals surface area contributed by atoms with Crippen molar-refractivity contribution < 1.29 is 4.79 Å². The summed E-state index contributed by atoms with van der Waals surface area (Å²) >= 11 is 1.68. The average Bonchev–Trinajstić information content (AvgIpc) is 2.87. The first-order valence-electron chi connectivity index (χ1n) is 7.99. The van der Waals surface area contributed by atoms with Crippen LogP contribution in [-0.4, -0.2) is 17.4 Å². The van der Waals surface area contributed by atoms with E-state index in [1.165, 1.54) is 4.88 Å². The summed E-state index contributed by atoms with van der Waals surface area (Å²) in [6.07, 6.45) is 0. The van der Waals surface area contributed by atoms with Crippen LogP contribution in [0.3, 0.4) is 0 Å². The third-order valence-electron chi connectivity index (χ3n) is 3.41. The molecular weight excluding hydrogens is 306 g/mol. The fourth-order valence-corrected chi connectivity index (χ4v) is 2.87. The number of aryl methyl sites for hydroxylation is 1. The van der Waals surface area contributed by atoms with Crippen LogP contribution in [0.25, 0.3) is 11.3 Å².